The predicted molar refractivity (Wildman–Crippen MR) is 243 cm³/mol. The average molecular weight is 859 g/mol. The number of fused-ring (bicyclic) bond motifs is 6. The van der Waals surface area contributed by atoms with Gasteiger partial charge in [-0.3, -0.25) is 9.59 Å². The van der Waals surface area contributed by atoms with E-state index in [4.69, 9.17) is 9.72 Å². The predicted octanol–water partition coefficient (Wildman–Crippen LogP) is 8.20. The highest BCUT2D eigenvalue weighted by Gasteiger charge is 2.22. The second-order valence-electron chi connectivity index (χ2n) is 15.3. The van der Waals surface area contributed by atoms with Gasteiger partial charge >= 0.3 is 12.2 Å². The Kier molecular flexibility index (Phi) is 20.7. The Balaban J connectivity index is 0.000000931. The molecule has 62 heavy (non-hydrogen) atoms. The normalized spacial score (nSPS) is 11.0. The molecule has 1 aliphatic heterocycles. The SMILES string of the molecule is CC(C)C.CCC.CCCN(Cc1ncc(-c2ccc3c(c2)COc2cc4c(ccc5[nH]c(CN(CCC)C(=O)CNC(=O)OC)nc54)cc2-3)[nH]1)C(=O)CNC(=O)OC.COC. The minimum atomic E-state index is -0.658. The summed E-state index contributed by atoms with van der Waals surface area (Å²) in [5, 5.41) is 6.82. The van der Waals surface area contributed by atoms with Crippen LogP contribution < -0.4 is 15.4 Å². The van der Waals surface area contributed by atoms with Gasteiger partial charge in [-0.05, 0) is 65.1 Å². The van der Waals surface area contributed by atoms with Crippen LogP contribution in [0.5, 0.6) is 5.75 Å². The second kappa shape index (κ2) is 25.6. The van der Waals surface area contributed by atoms with Crippen molar-refractivity contribution in [3.8, 4) is 28.1 Å². The van der Waals surface area contributed by atoms with Crippen molar-refractivity contribution in [3.05, 3.63) is 65.9 Å². The van der Waals surface area contributed by atoms with Crippen LogP contribution in [0.4, 0.5) is 9.59 Å². The van der Waals surface area contributed by atoms with Crippen LogP contribution in [0.25, 0.3) is 44.2 Å². The monoisotopic (exact) mass is 859 g/mol. The highest BCUT2D eigenvalue weighted by molar-refractivity contribution is 6.07. The lowest BCUT2D eigenvalue weighted by Crippen LogP contribution is -2.40. The number of aromatic nitrogens is 4. The Morgan fingerprint density at radius 2 is 1.34 bits per heavy atom. The van der Waals surface area contributed by atoms with Gasteiger partial charge in [0.05, 0.1) is 50.2 Å². The molecule has 0 fully saturated rings. The Bertz CT molecular complexity index is 2210. The van der Waals surface area contributed by atoms with Gasteiger partial charge in [-0.15, -0.1) is 0 Å². The summed E-state index contributed by atoms with van der Waals surface area (Å²) in [6, 6.07) is 14.4. The zero-order valence-corrected chi connectivity index (χ0v) is 38.3. The zero-order chi connectivity index (χ0) is 45.8. The van der Waals surface area contributed by atoms with Crippen LogP contribution >= 0.6 is 0 Å². The summed E-state index contributed by atoms with van der Waals surface area (Å²) in [5.41, 5.74) is 6.46. The third kappa shape index (κ3) is 14.5. The lowest BCUT2D eigenvalue weighted by Gasteiger charge is -2.22. The first-order valence-electron chi connectivity index (χ1n) is 21.1. The zero-order valence-electron chi connectivity index (χ0n) is 38.3. The summed E-state index contributed by atoms with van der Waals surface area (Å²) >= 11 is 0. The van der Waals surface area contributed by atoms with Gasteiger partial charge < -0.3 is 49.3 Å². The number of rotatable bonds is 13. The summed E-state index contributed by atoms with van der Waals surface area (Å²) in [5.74, 6) is 2.40. The highest BCUT2D eigenvalue weighted by Crippen LogP contribution is 2.42. The van der Waals surface area contributed by atoms with E-state index in [-0.39, 0.29) is 38.0 Å². The van der Waals surface area contributed by atoms with Crippen LogP contribution in [0.1, 0.15) is 84.9 Å². The van der Waals surface area contributed by atoms with Crippen molar-refractivity contribution in [3.63, 3.8) is 0 Å². The van der Waals surface area contributed by atoms with Crippen LogP contribution in [0.3, 0.4) is 0 Å². The number of alkyl carbamates (subject to hydrolysis) is 2. The molecule has 4 amide bonds. The van der Waals surface area contributed by atoms with Gasteiger partial charge in [0.25, 0.3) is 0 Å². The minimum Gasteiger partial charge on any atom is -0.488 e. The molecule has 4 N–H and O–H groups in total. The number of methoxy groups -OCH3 is 3. The lowest BCUT2D eigenvalue weighted by atomic mass is 9.92. The molecule has 0 radical (unpaired) electrons. The molecule has 0 bridgehead atoms. The molecule has 5 aromatic rings. The van der Waals surface area contributed by atoms with E-state index in [0.29, 0.717) is 31.3 Å². The quantitative estimate of drug-likeness (QED) is 0.0897. The molecule has 16 nitrogen and oxygen atoms in total. The largest absolute Gasteiger partial charge is 0.488 e. The van der Waals surface area contributed by atoms with Gasteiger partial charge in [0, 0.05) is 38.3 Å². The maximum atomic E-state index is 12.8. The Morgan fingerprint density at radius 1 is 0.774 bits per heavy atom. The number of ether oxygens (including phenoxy) is 4. The van der Waals surface area contributed by atoms with Crippen molar-refractivity contribution in [2.24, 2.45) is 5.92 Å². The molecule has 6 rings (SSSR count). The fourth-order valence-corrected chi connectivity index (χ4v) is 6.32. The number of benzene rings is 3. The van der Waals surface area contributed by atoms with Crippen molar-refractivity contribution in [1.29, 1.82) is 0 Å². The van der Waals surface area contributed by atoms with Crippen LogP contribution in [-0.4, -0.2) is 108 Å². The van der Waals surface area contributed by atoms with E-state index in [9.17, 15) is 19.2 Å². The molecule has 0 saturated carbocycles. The molecule has 16 heteroatoms. The molecule has 0 spiro atoms. The molecule has 0 aliphatic carbocycles. The van der Waals surface area contributed by atoms with E-state index < -0.39 is 12.2 Å². The van der Waals surface area contributed by atoms with Gasteiger partial charge in [-0.2, -0.15) is 0 Å². The van der Waals surface area contributed by atoms with Crippen molar-refractivity contribution < 1.29 is 38.1 Å². The van der Waals surface area contributed by atoms with E-state index in [1.807, 2.05) is 38.1 Å². The molecular weight excluding hydrogens is 793 g/mol. The maximum Gasteiger partial charge on any atom is 0.407 e. The number of H-pyrrole nitrogens is 2. The standard InChI is InChI=1S/C37H42N8O7.C4H10.C3H8.C2H6O/c1-5-11-44(33(46)17-39-36(48)50-3)19-31-38-16-29(42-31)23-7-9-25-24(13-23)21-52-30-15-26-22(14-27(25)30)8-10-28-35(26)43-32(41-28)20-45(12-6-2)34(47)18-40-37(49)51-4;1-4(2)3;2*1-3-2/h7-10,13-16H,5-6,11-12,17-21H2,1-4H3,(H,38,42)(H,39,48)(H,40,49)(H,41,43);4H,1-3H3;3H2,1-2H3;1-2H3. The van der Waals surface area contributed by atoms with Crippen LogP contribution in [0, 0.1) is 5.92 Å². The van der Waals surface area contributed by atoms with Gasteiger partial charge in [0.15, 0.2) is 0 Å². The Hall–Kier alpha value is -6.16. The number of nitrogens with zero attached hydrogens (tertiary/aromatic N) is 4. The summed E-state index contributed by atoms with van der Waals surface area (Å²) in [6.07, 6.45) is 3.20. The summed E-state index contributed by atoms with van der Waals surface area (Å²) in [6.45, 7) is 16.4. The Labute approximate surface area is 365 Å². The molecule has 2 aromatic heterocycles. The third-order valence-electron chi connectivity index (χ3n) is 8.85. The molecule has 338 valence electrons. The number of amides is 4. The van der Waals surface area contributed by atoms with Crippen molar-refractivity contribution in [2.75, 3.05) is 54.6 Å². The number of nitrogens with one attached hydrogen (secondary N) is 4. The molecule has 1 aliphatic rings. The topological polar surface area (TPSA) is 193 Å². The van der Waals surface area contributed by atoms with Crippen LogP contribution in [-0.2, 0) is 43.5 Å². The van der Waals surface area contributed by atoms with Crippen LogP contribution in [0.15, 0.2) is 48.7 Å². The number of aromatic amines is 2. The summed E-state index contributed by atoms with van der Waals surface area (Å²) in [7, 11) is 5.76. The number of hydrogen-bond donors (Lipinski definition) is 4. The second-order valence-corrected chi connectivity index (χ2v) is 15.3. The van der Waals surface area contributed by atoms with E-state index >= 15 is 0 Å². The molecule has 0 atom stereocenters. The number of carbonyl (C=O) groups is 4. The highest BCUT2D eigenvalue weighted by atomic mass is 16.5. The first-order valence-corrected chi connectivity index (χ1v) is 21.1. The van der Waals surface area contributed by atoms with Crippen LogP contribution in [0.2, 0.25) is 0 Å². The van der Waals surface area contributed by atoms with Gasteiger partial charge in [0.1, 0.15) is 37.1 Å². The van der Waals surface area contributed by atoms with E-state index in [2.05, 4.69) is 92.6 Å². The first-order chi connectivity index (χ1) is 29.8. The first kappa shape index (κ1) is 50.2. The summed E-state index contributed by atoms with van der Waals surface area (Å²) < 4.78 is 19.7. The van der Waals surface area contributed by atoms with Gasteiger partial charge in [0.2, 0.25) is 11.8 Å². The number of carbonyl (C=O) groups excluding carboxylic acids is 4. The Morgan fingerprint density at radius 3 is 1.89 bits per heavy atom. The van der Waals surface area contributed by atoms with Crippen molar-refractivity contribution in [2.45, 2.75) is 87.4 Å². The molecular formula is C46H66N8O8. The van der Waals surface area contributed by atoms with E-state index in [0.717, 1.165) is 74.3 Å². The van der Waals surface area contributed by atoms with E-state index in [1.54, 1.807) is 30.2 Å². The average Bonchev–Trinajstić information content (AvgIpc) is 3.91. The lowest BCUT2D eigenvalue weighted by molar-refractivity contribution is -0.131. The third-order valence-corrected chi connectivity index (χ3v) is 8.85. The molecule has 3 heterocycles. The smallest absolute Gasteiger partial charge is 0.407 e. The molecule has 3 aromatic carbocycles. The molecule has 0 saturated heterocycles. The fraction of sp³-hybridized carbons (Fsp3) is 0.478. The maximum absolute atomic E-state index is 12.8. The van der Waals surface area contributed by atoms with Crippen molar-refractivity contribution >= 4 is 45.8 Å². The van der Waals surface area contributed by atoms with Crippen molar-refractivity contribution in [1.82, 2.24) is 40.4 Å². The minimum absolute atomic E-state index is 0.158. The van der Waals surface area contributed by atoms with Gasteiger partial charge in [-0.1, -0.05) is 73.1 Å². The van der Waals surface area contributed by atoms with Gasteiger partial charge in [-0.25, -0.2) is 19.6 Å². The number of imidazole rings is 2. The number of hydrogen-bond acceptors (Lipinski definition) is 10. The molecule has 0 unspecified atom stereocenters. The summed E-state index contributed by atoms with van der Waals surface area (Å²) in [4.78, 5) is 67.9. The fourth-order valence-electron chi connectivity index (χ4n) is 6.32. The van der Waals surface area contributed by atoms with E-state index in [1.165, 1.54) is 20.6 Å².